The highest BCUT2D eigenvalue weighted by atomic mass is 16.2. The standard InChI is InChI=1S/C13H22N2O2/c1-3-9-14-13(17)10-15(11(2)16)12-7-5-4-6-8-12/h3,12H,1,4-10H2,2H3,(H,14,17). The molecule has 0 atom stereocenters. The number of amides is 2. The fraction of sp³-hybridized carbons (Fsp3) is 0.692. The number of nitrogens with zero attached hydrogens (tertiary/aromatic N) is 1. The van der Waals surface area contributed by atoms with E-state index in [0.29, 0.717) is 6.54 Å². The molecule has 0 aromatic rings. The third kappa shape index (κ3) is 4.59. The molecule has 0 radical (unpaired) electrons. The van der Waals surface area contributed by atoms with Gasteiger partial charge in [-0.25, -0.2) is 0 Å². The summed E-state index contributed by atoms with van der Waals surface area (Å²) < 4.78 is 0. The fourth-order valence-corrected chi connectivity index (χ4v) is 2.29. The van der Waals surface area contributed by atoms with E-state index in [9.17, 15) is 9.59 Å². The van der Waals surface area contributed by atoms with Gasteiger partial charge in [0.15, 0.2) is 0 Å². The Morgan fingerprint density at radius 2 is 2.00 bits per heavy atom. The van der Waals surface area contributed by atoms with Crippen LogP contribution in [0.3, 0.4) is 0 Å². The first-order valence-corrected chi connectivity index (χ1v) is 6.30. The van der Waals surface area contributed by atoms with Gasteiger partial charge in [0.1, 0.15) is 0 Å². The smallest absolute Gasteiger partial charge is 0.239 e. The molecule has 0 spiro atoms. The molecule has 1 rings (SSSR count). The Bertz CT molecular complexity index is 283. The van der Waals surface area contributed by atoms with Gasteiger partial charge < -0.3 is 10.2 Å². The van der Waals surface area contributed by atoms with Gasteiger partial charge in [0.2, 0.25) is 11.8 Å². The van der Waals surface area contributed by atoms with Crippen molar-refractivity contribution < 1.29 is 9.59 Å². The molecule has 17 heavy (non-hydrogen) atoms. The van der Waals surface area contributed by atoms with Gasteiger partial charge in [-0.15, -0.1) is 6.58 Å². The highest BCUT2D eigenvalue weighted by Crippen LogP contribution is 2.22. The molecular formula is C13H22N2O2. The van der Waals surface area contributed by atoms with Gasteiger partial charge >= 0.3 is 0 Å². The highest BCUT2D eigenvalue weighted by Gasteiger charge is 2.24. The van der Waals surface area contributed by atoms with E-state index in [1.165, 1.54) is 13.3 Å². The van der Waals surface area contributed by atoms with Gasteiger partial charge in [0, 0.05) is 19.5 Å². The molecule has 2 amide bonds. The minimum atomic E-state index is -0.106. The lowest BCUT2D eigenvalue weighted by molar-refractivity contribution is -0.137. The van der Waals surface area contributed by atoms with Gasteiger partial charge in [0.05, 0.1) is 6.54 Å². The largest absolute Gasteiger partial charge is 0.351 e. The van der Waals surface area contributed by atoms with E-state index in [-0.39, 0.29) is 24.4 Å². The average molecular weight is 238 g/mol. The molecular weight excluding hydrogens is 216 g/mol. The predicted molar refractivity (Wildman–Crippen MR) is 67.5 cm³/mol. The first kappa shape index (κ1) is 13.7. The van der Waals surface area contributed by atoms with Crippen LogP contribution in [-0.4, -0.2) is 35.8 Å². The summed E-state index contributed by atoms with van der Waals surface area (Å²) in [5, 5.41) is 2.71. The van der Waals surface area contributed by atoms with E-state index >= 15 is 0 Å². The highest BCUT2D eigenvalue weighted by molar-refractivity contribution is 5.84. The van der Waals surface area contributed by atoms with E-state index < -0.39 is 0 Å². The quantitative estimate of drug-likeness (QED) is 0.737. The first-order valence-electron chi connectivity index (χ1n) is 6.30. The molecule has 4 heteroatoms. The average Bonchev–Trinajstić information content (AvgIpc) is 2.34. The molecule has 0 saturated heterocycles. The molecule has 0 heterocycles. The minimum Gasteiger partial charge on any atom is -0.351 e. The van der Waals surface area contributed by atoms with Crippen LogP contribution >= 0.6 is 0 Å². The number of hydrogen-bond acceptors (Lipinski definition) is 2. The van der Waals surface area contributed by atoms with E-state index in [4.69, 9.17) is 0 Å². The van der Waals surface area contributed by atoms with E-state index in [2.05, 4.69) is 11.9 Å². The molecule has 96 valence electrons. The van der Waals surface area contributed by atoms with Crippen LogP contribution in [0.25, 0.3) is 0 Å². The summed E-state index contributed by atoms with van der Waals surface area (Å²) in [5.41, 5.74) is 0. The molecule has 0 aliphatic heterocycles. The predicted octanol–water partition coefficient (Wildman–Crippen LogP) is 1.47. The summed E-state index contributed by atoms with van der Waals surface area (Å²) in [6.07, 6.45) is 7.23. The Morgan fingerprint density at radius 1 is 1.35 bits per heavy atom. The van der Waals surface area contributed by atoms with Crippen molar-refractivity contribution in [1.82, 2.24) is 10.2 Å². The Kier molecular flexibility index (Phi) is 5.73. The van der Waals surface area contributed by atoms with Crippen molar-refractivity contribution in [2.45, 2.75) is 45.1 Å². The second-order valence-corrected chi connectivity index (χ2v) is 4.53. The molecule has 1 fully saturated rings. The lowest BCUT2D eigenvalue weighted by atomic mass is 9.94. The van der Waals surface area contributed by atoms with Crippen molar-refractivity contribution in [3.05, 3.63) is 12.7 Å². The summed E-state index contributed by atoms with van der Waals surface area (Å²) >= 11 is 0. The van der Waals surface area contributed by atoms with E-state index in [1.807, 2.05) is 0 Å². The van der Waals surface area contributed by atoms with E-state index in [0.717, 1.165) is 25.7 Å². The maximum absolute atomic E-state index is 11.6. The van der Waals surface area contributed by atoms with Gasteiger partial charge in [-0.2, -0.15) is 0 Å². The second kappa shape index (κ2) is 7.09. The Hall–Kier alpha value is -1.32. The third-order valence-electron chi connectivity index (χ3n) is 3.18. The Morgan fingerprint density at radius 3 is 2.53 bits per heavy atom. The molecule has 0 bridgehead atoms. The lowest BCUT2D eigenvalue weighted by Crippen LogP contribution is -2.46. The summed E-state index contributed by atoms with van der Waals surface area (Å²) in [7, 11) is 0. The zero-order chi connectivity index (χ0) is 12.7. The van der Waals surface area contributed by atoms with Gasteiger partial charge in [-0.1, -0.05) is 25.3 Å². The zero-order valence-corrected chi connectivity index (χ0v) is 10.6. The van der Waals surface area contributed by atoms with E-state index in [1.54, 1.807) is 11.0 Å². The molecule has 0 aromatic heterocycles. The molecule has 1 aliphatic rings. The molecule has 4 nitrogen and oxygen atoms in total. The topological polar surface area (TPSA) is 49.4 Å². The lowest BCUT2D eigenvalue weighted by Gasteiger charge is -2.33. The Balaban J connectivity index is 2.50. The second-order valence-electron chi connectivity index (χ2n) is 4.53. The minimum absolute atomic E-state index is 0.00865. The van der Waals surface area contributed by atoms with Gasteiger partial charge in [0.25, 0.3) is 0 Å². The van der Waals surface area contributed by atoms with Crippen molar-refractivity contribution in [3.63, 3.8) is 0 Å². The molecule has 0 unspecified atom stereocenters. The van der Waals surface area contributed by atoms with Crippen molar-refractivity contribution in [2.24, 2.45) is 0 Å². The Labute approximate surface area is 103 Å². The van der Waals surface area contributed by atoms with Crippen LogP contribution in [0, 0.1) is 0 Å². The van der Waals surface area contributed by atoms with Gasteiger partial charge in [-0.05, 0) is 12.8 Å². The van der Waals surface area contributed by atoms with Crippen molar-refractivity contribution in [3.8, 4) is 0 Å². The maximum Gasteiger partial charge on any atom is 0.239 e. The number of carbonyl (C=O) groups is 2. The molecule has 1 saturated carbocycles. The summed E-state index contributed by atoms with van der Waals surface area (Å²) in [6.45, 7) is 5.71. The number of carbonyl (C=O) groups excluding carboxylic acids is 2. The van der Waals surface area contributed by atoms with Crippen molar-refractivity contribution in [2.75, 3.05) is 13.1 Å². The number of hydrogen-bond donors (Lipinski definition) is 1. The molecule has 1 N–H and O–H groups in total. The van der Waals surface area contributed by atoms with Crippen LogP contribution in [0.2, 0.25) is 0 Å². The van der Waals surface area contributed by atoms with Crippen molar-refractivity contribution in [1.29, 1.82) is 0 Å². The van der Waals surface area contributed by atoms with Crippen LogP contribution in [0.15, 0.2) is 12.7 Å². The maximum atomic E-state index is 11.6. The van der Waals surface area contributed by atoms with Crippen LogP contribution in [0.1, 0.15) is 39.0 Å². The van der Waals surface area contributed by atoms with Crippen LogP contribution in [0.4, 0.5) is 0 Å². The summed E-state index contributed by atoms with van der Waals surface area (Å²) in [4.78, 5) is 24.9. The molecule has 1 aliphatic carbocycles. The molecule has 0 aromatic carbocycles. The summed E-state index contributed by atoms with van der Waals surface area (Å²) in [6, 6.07) is 0.246. The summed E-state index contributed by atoms with van der Waals surface area (Å²) in [5.74, 6) is -0.115. The van der Waals surface area contributed by atoms with Crippen LogP contribution in [0.5, 0.6) is 0 Å². The zero-order valence-electron chi connectivity index (χ0n) is 10.6. The number of rotatable bonds is 5. The number of nitrogens with one attached hydrogen (secondary N) is 1. The van der Waals surface area contributed by atoms with Crippen molar-refractivity contribution >= 4 is 11.8 Å². The van der Waals surface area contributed by atoms with Crippen LogP contribution < -0.4 is 5.32 Å². The first-order chi connectivity index (χ1) is 8.15. The SMILES string of the molecule is C=CCNC(=O)CN(C(C)=O)C1CCCCC1. The monoisotopic (exact) mass is 238 g/mol. The normalized spacial score (nSPS) is 16.3. The van der Waals surface area contributed by atoms with Gasteiger partial charge in [-0.3, -0.25) is 9.59 Å². The fourth-order valence-electron chi connectivity index (χ4n) is 2.29. The third-order valence-corrected chi connectivity index (χ3v) is 3.18. The van der Waals surface area contributed by atoms with Crippen LogP contribution in [-0.2, 0) is 9.59 Å².